The van der Waals surface area contributed by atoms with Crippen LogP contribution in [0.15, 0.2) is 24.4 Å². The number of ether oxygens (including phenoxy) is 11. The number of thioether (sulfide) groups is 1. The van der Waals surface area contributed by atoms with Crippen molar-refractivity contribution in [3.05, 3.63) is 30.0 Å². The molecule has 6 N–H and O–H groups in total. The molecule has 0 spiro atoms. The molecule has 83 heavy (non-hydrogen) atoms. The largest absolute Gasteiger partial charge is 0.492 e. The standard InChI is InChI=1S/C52H72N6O24S/c1-29(59)28-83-38-21-41(64)58(49(38)70)8-9-76-32-4-5-35-33(20-32)34(50(71)78-19-17-73-13-15-75-27-40(63)54-23-37-46(67)48(69)44-52(82-37)80-11-7-57(44)31(3)61)24-55(35)25-42(65)77-18-16-72-12-14-74-26-39(62)53-22-36-45(66)47(68)43-51(81-36)79-10-6-56(43)30(2)60/h4-5,20,24,36-38,43-48,51-52,66-69H,6-19,21-23,25-28H2,1-3H3,(H,53,62)(H,54,63)/t36?,37-,38?,43+,44+,45+,46+,47-,48-,51-,52-/m1/s1. The number of morpholine rings is 2. The predicted octanol–water partition coefficient (Wildman–Crippen LogP) is -4.14. The van der Waals surface area contributed by atoms with E-state index in [1.54, 1.807) is 18.2 Å². The summed E-state index contributed by atoms with van der Waals surface area (Å²) in [6.07, 6.45) is -8.17. The lowest BCUT2D eigenvalue weighted by atomic mass is 9.94. The van der Waals surface area contributed by atoms with E-state index in [2.05, 4.69) is 10.6 Å². The van der Waals surface area contributed by atoms with Crippen LogP contribution in [0, 0.1) is 0 Å². The zero-order chi connectivity index (χ0) is 59.7. The molecule has 2 aromatic rings. The first-order valence-corrected chi connectivity index (χ1v) is 28.1. The highest BCUT2D eigenvalue weighted by molar-refractivity contribution is 8.01. The second kappa shape index (κ2) is 31.3. The number of Topliss-reactive ketones (excluding diaryl/α,β-unsaturated/α-hetero) is 1. The summed E-state index contributed by atoms with van der Waals surface area (Å²) in [4.78, 5) is 116. The third kappa shape index (κ3) is 17.6. The number of hydrogen-bond acceptors (Lipinski definition) is 25. The van der Waals surface area contributed by atoms with Crippen LogP contribution in [0.5, 0.6) is 5.75 Å². The van der Waals surface area contributed by atoms with Gasteiger partial charge in [-0.05, 0) is 25.1 Å². The van der Waals surface area contributed by atoms with Gasteiger partial charge in [-0.1, -0.05) is 0 Å². The maximum Gasteiger partial charge on any atom is 0.340 e. The van der Waals surface area contributed by atoms with Crippen molar-refractivity contribution in [1.82, 2.24) is 29.9 Å². The van der Waals surface area contributed by atoms with Gasteiger partial charge in [0.15, 0.2) is 12.6 Å². The Morgan fingerprint density at radius 2 is 1.20 bits per heavy atom. The van der Waals surface area contributed by atoms with Crippen molar-refractivity contribution in [2.45, 2.75) is 100 Å². The van der Waals surface area contributed by atoms with Gasteiger partial charge < -0.3 is 97.5 Å². The van der Waals surface area contributed by atoms with Gasteiger partial charge in [0, 0.05) is 63.5 Å². The van der Waals surface area contributed by atoms with Crippen molar-refractivity contribution < 1.29 is 116 Å². The minimum Gasteiger partial charge on any atom is -0.492 e. The molecule has 0 aliphatic carbocycles. The molecular formula is C52H72N6O24S. The first-order valence-electron chi connectivity index (χ1n) is 27.0. The zero-order valence-corrected chi connectivity index (χ0v) is 47.0. The van der Waals surface area contributed by atoms with Crippen LogP contribution in [0.2, 0.25) is 0 Å². The lowest BCUT2D eigenvalue weighted by Gasteiger charge is -2.49. The lowest BCUT2D eigenvalue weighted by Crippen LogP contribution is -2.68. The topological polar surface area (TPSA) is 375 Å². The van der Waals surface area contributed by atoms with E-state index in [1.165, 1.54) is 41.3 Å². The van der Waals surface area contributed by atoms with Crippen LogP contribution in [-0.2, 0) is 92.3 Å². The molecule has 1 aromatic carbocycles. The summed E-state index contributed by atoms with van der Waals surface area (Å²) >= 11 is 1.11. The molecule has 0 radical (unpaired) electrons. The maximum absolute atomic E-state index is 13.6. The average Bonchev–Trinajstić information content (AvgIpc) is 4.13. The fourth-order valence-electron chi connectivity index (χ4n) is 9.80. The van der Waals surface area contributed by atoms with Crippen molar-refractivity contribution in [2.24, 2.45) is 0 Å². The van der Waals surface area contributed by atoms with Gasteiger partial charge in [-0.15, -0.1) is 11.8 Å². The Morgan fingerprint density at radius 3 is 1.75 bits per heavy atom. The van der Waals surface area contributed by atoms with Crippen LogP contribution in [0.25, 0.3) is 10.9 Å². The van der Waals surface area contributed by atoms with Crippen molar-refractivity contribution in [3.63, 3.8) is 0 Å². The number of imide groups is 1. The summed E-state index contributed by atoms with van der Waals surface area (Å²) in [5, 5.41) is 47.5. The molecule has 31 heteroatoms. The van der Waals surface area contributed by atoms with Crippen molar-refractivity contribution in [1.29, 1.82) is 0 Å². The van der Waals surface area contributed by atoms with Crippen LogP contribution >= 0.6 is 11.8 Å². The SMILES string of the molecule is CC(=O)CSC1CC(=O)N(CCOc2ccc3c(c2)c(C(=O)OCCOCCOCC(=O)NC[C@H]2O[C@H]4OCCN(C(C)=O)[C@H]4[C@@H](O)[C@H]2O)cn3CC(=O)OCCOCCOCC(=O)NCC2O[C@H]3OCCN(C(C)=O)[C@H]3[C@@H](O)[C@H]2O)C1=O. The zero-order valence-electron chi connectivity index (χ0n) is 46.2. The predicted molar refractivity (Wildman–Crippen MR) is 282 cm³/mol. The summed E-state index contributed by atoms with van der Waals surface area (Å²) < 4.78 is 62.6. The Hall–Kier alpha value is -5.94. The molecule has 5 aliphatic rings. The van der Waals surface area contributed by atoms with Gasteiger partial charge in [0.1, 0.15) is 99.8 Å². The molecule has 6 amide bonds. The number of ketones is 1. The molecule has 5 aliphatic heterocycles. The molecule has 5 fully saturated rings. The molecule has 2 unspecified atom stereocenters. The van der Waals surface area contributed by atoms with Gasteiger partial charge in [0.05, 0.1) is 76.0 Å². The fourth-order valence-corrected chi connectivity index (χ4v) is 10.8. The number of esters is 2. The Kier molecular flexibility index (Phi) is 24.3. The summed E-state index contributed by atoms with van der Waals surface area (Å²) in [7, 11) is 0. The molecule has 1 aromatic heterocycles. The highest BCUT2D eigenvalue weighted by atomic mass is 32.2. The van der Waals surface area contributed by atoms with E-state index in [0.717, 1.165) is 16.7 Å². The number of nitrogens with zero attached hydrogens (tertiary/aromatic N) is 4. The number of carbonyl (C=O) groups excluding carboxylic acids is 9. The number of hydrogen-bond donors (Lipinski definition) is 6. The minimum absolute atomic E-state index is 0.000812. The van der Waals surface area contributed by atoms with Crippen LogP contribution in [0.1, 0.15) is 37.6 Å². The van der Waals surface area contributed by atoms with E-state index >= 15 is 0 Å². The number of likely N-dealkylation sites (tertiary alicyclic amines) is 1. The number of carbonyl (C=O) groups is 9. The number of aliphatic hydroxyl groups is 4. The minimum atomic E-state index is -1.41. The van der Waals surface area contributed by atoms with E-state index < -0.39 is 96.2 Å². The van der Waals surface area contributed by atoms with Gasteiger partial charge in [-0.2, -0.15) is 0 Å². The van der Waals surface area contributed by atoms with Crippen LogP contribution in [0.3, 0.4) is 0 Å². The first kappa shape index (κ1) is 64.6. The van der Waals surface area contributed by atoms with Crippen molar-refractivity contribution in [3.8, 4) is 5.75 Å². The van der Waals surface area contributed by atoms with E-state index in [1.807, 2.05) is 0 Å². The van der Waals surface area contributed by atoms with Gasteiger partial charge in [-0.3, -0.25) is 43.3 Å². The number of fused-ring (bicyclic) bond motifs is 3. The molecule has 7 rings (SSSR count). The highest BCUT2D eigenvalue weighted by Crippen LogP contribution is 2.32. The Labute approximate surface area is 480 Å². The molecule has 0 saturated carbocycles. The number of benzene rings is 1. The number of aliphatic hydroxyl groups excluding tert-OH is 4. The van der Waals surface area contributed by atoms with Gasteiger partial charge in [-0.25, -0.2) is 4.79 Å². The second-order valence-electron chi connectivity index (χ2n) is 19.8. The Bertz CT molecular complexity index is 2610. The monoisotopic (exact) mass is 1200 g/mol. The van der Waals surface area contributed by atoms with Gasteiger partial charge in [0.25, 0.3) is 0 Å². The summed E-state index contributed by atoms with van der Waals surface area (Å²) in [5.74, 6) is -3.69. The Morgan fingerprint density at radius 1 is 0.675 bits per heavy atom. The van der Waals surface area contributed by atoms with Crippen LogP contribution in [0.4, 0.5) is 0 Å². The van der Waals surface area contributed by atoms with Crippen molar-refractivity contribution in [2.75, 3.05) is 124 Å². The summed E-state index contributed by atoms with van der Waals surface area (Å²) in [6, 6.07) is 2.94. The number of rotatable bonds is 30. The summed E-state index contributed by atoms with van der Waals surface area (Å²) in [5.41, 5.74) is 0.477. The fraction of sp³-hybridized carbons (Fsp3) is 0.673. The average molecular weight is 1200 g/mol. The second-order valence-corrected chi connectivity index (χ2v) is 21.0. The maximum atomic E-state index is 13.6. The normalized spacial score (nSPS) is 26.1. The third-order valence-electron chi connectivity index (χ3n) is 13.9. The molecular weight excluding hydrogens is 1120 g/mol. The van der Waals surface area contributed by atoms with E-state index in [9.17, 15) is 63.6 Å². The molecule has 0 bridgehead atoms. The number of nitrogens with one attached hydrogen (secondary N) is 2. The number of amides is 6. The van der Waals surface area contributed by atoms with E-state index in [-0.39, 0.29) is 172 Å². The summed E-state index contributed by atoms with van der Waals surface area (Å²) in [6.45, 7) is 2.94. The molecule has 460 valence electrons. The third-order valence-corrected chi connectivity index (χ3v) is 15.2. The quantitative estimate of drug-likeness (QED) is 0.0246. The van der Waals surface area contributed by atoms with Crippen LogP contribution < -0.4 is 15.4 Å². The van der Waals surface area contributed by atoms with Crippen molar-refractivity contribution >= 4 is 75.8 Å². The van der Waals surface area contributed by atoms with Gasteiger partial charge in [0.2, 0.25) is 35.4 Å². The highest BCUT2D eigenvalue weighted by Gasteiger charge is 2.51. The lowest BCUT2D eigenvalue weighted by molar-refractivity contribution is -0.296. The molecule has 6 heterocycles. The Balaban J connectivity index is 0.817. The van der Waals surface area contributed by atoms with E-state index in [4.69, 9.17) is 52.1 Å². The smallest absolute Gasteiger partial charge is 0.340 e. The van der Waals surface area contributed by atoms with E-state index in [0.29, 0.717) is 10.9 Å². The molecule has 5 saturated heterocycles. The molecule has 30 nitrogen and oxygen atoms in total. The molecule has 11 atom stereocenters. The van der Waals surface area contributed by atoms with Gasteiger partial charge >= 0.3 is 11.9 Å². The first-order chi connectivity index (χ1) is 39.8. The van der Waals surface area contributed by atoms with Crippen LogP contribution in [-0.4, -0.2) is 284 Å². The number of aromatic nitrogens is 1.